The van der Waals surface area contributed by atoms with Crippen LogP contribution in [0.4, 0.5) is 0 Å². The van der Waals surface area contributed by atoms with Gasteiger partial charge in [-0.2, -0.15) is 0 Å². The van der Waals surface area contributed by atoms with Gasteiger partial charge >= 0.3 is 5.97 Å². The minimum absolute atomic E-state index is 0.244. The van der Waals surface area contributed by atoms with E-state index in [4.69, 9.17) is 9.47 Å². The van der Waals surface area contributed by atoms with Crippen molar-refractivity contribution in [2.24, 2.45) is 0 Å². The first-order valence-electron chi connectivity index (χ1n) is 8.33. The molecule has 0 fully saturated rings. The fourth-order valence-corrected chi connectivity index (χ4v) is 2.75. The number of carbonyl (C=O) groups is 2. The van der Waals surface area contributed by atoms with Gasteiger partial charge in [-0.25, -0.2) is 9.78 Å². The van der Waals surface area contributed by atoms with E-state index in [0.717, 1.165) is 10.9 Å². The summed E-state index contributed by atoms with van der Waals surface area (Å²) in [5, 5.41) is 3.59. The van der Waals surface area contributed by atoms with Gasteiger partial charge in [-0.15, -0.1) is 0 Å². The molecule has 27 heavy (non-hydrogen) atoms. The molecule has 0 aliphatic carbocycles. The Balaban J connectivity index is 1.83. The highest BCUT2D eigenvalue weighted by atomic mass is 16.5. The number of carbonyl (C=O) groups excluding carboxylic acids is 2. The number of hydrogen-bond donors (Lipinski definition) is 1. The van der Waals surface area contributed by atoms with Crippen LogP contribution in [0.25, 0.3) is 10.9 Å². The molecule has 2 heterocycles. The van der Waals surface area contributed by atoms with Crippen molar-refractivity contribution in [1.82, 2.24) is 15.3 Å². The lowest BCUT2D eigenvalue weighted by Gasteiger charge is -2.17. The van der Waals surface area contributed by atoms with Crippen LogP contribution in [0.15, 0.2) is 54.9 Å². The van der Waals surface area contributed by atoms with Gasteiger partial charge in [-0.05, 0) is 17.7 Å². The van der Waals surface area contributed by atoms with Crippen molar-refractivity contribution in [2.45, 2.75) is 12.5 Å². The van der Waals surface area contributed by atoms with E-state index in [-0.39, 0.29) is 6.42 Å². The minimum Gasteiger partial charge on any atom is -0.481 e. The van der Waals surface area contributed by atoms with Crippen molar-refractivity contribution in [2.75, 3.05) is 14.2 Å². The third-order valence-electron chi connectivity index (χ3n) is 4.11. The van der Waals surface area contributed by atoms with Crippen molar-refractivity contribution in [1.29, 1.82) is 0 Å². The number of amides is 1. The van der Waals surface area contributed by atoms with Crippen LogP contribution >= 0.6 is 0 Å². The first-order valence-corrected chi connectivity index (χ1v) is 8.33. The Morgan fingerprint density at radius 3 is 2.59 bits per heavy atom. The van der Waals surface area contributed by atoms with Gasteiger partial charge < -0.3 is 14.8 Å². The number of benzene rings is 1. The van der Waals surface area contributed by atoms with Crippen LogP contribution < -0.4 is 10.1 Å². The van der Waals surface area contributed by atoms with E-state index in [1.165, 1.54) is 14.2 Å². The number of hydrogen-bond acceptors (Lipinski definition) is 6. The number of nitrogens with zero attached hydrogens (tertiary/aromatic N) is 2. The number of para-hydroxylation sites is 1. The first-order chi connectivity index (χ1) is 13.1. The van der Waals surface area contributed by atoms with Gasteiger partial charge in [0.15, 0.2) is 0 Å². The molecule has 1 N–H and O–H groups in total. The molecule has 1 atom stereocenters. The SMILES string of the molecule is COC(=O)[C@H](Cc1ccc(OC)nc1)NC(=O)c1cccc2cccnc12. The number of ether oxygens (including phenoxy) is 2. The smallest absolute Gasteiger partial charge is 0.328 e. The maximum atomic E-state index is 12.8. The maximum Gasteiger partial charge on any atom is 0.328 e. The number of methoxy groups -OCH3 is 2. The van der Waals surface area contributed by atoms with E-state index in [0.29, 0.717) is 17.0 Å². The monoisotopic (exact) mass is 365 g/mol. The highest BCUT2D eigenvalue weighted by Crippen LogP contribution is 2.16. The van der Waals surface area contributed by atoms with Crippen molar-refractivity contribution in [3.8, 4) is 5.88 Å². The Labute approximate surface area is 156 Å². The highest BCUT2D eigenvalue weighted by Gasteiger charge is 2.24. The Morgan fingerprint density at radius 1 is 1.07 bits per heavy atom. The third-order valence-corrected chi connectivity index (χ3v) is 4.11. The third kappa shape index (κ3) is 4.20. The van der Waals surface area contributed by atoms with Crippen molar-refractivity contribution < 1.29 is 19.1 Å². The summed E-state index contributed by atoms with van der Waals surface area (Å²) < 4.78 is 9.87. The van der Waals surface area contributed by atoms with Crippen molar-refractivity contribution in [3.63, 3.8) is 0 Å². The van der Waals surface area contributed by atoms with Crippen LogP contribution in [0.3, 0.4) is 0 Å². The van der Waals surface area contributed by atoms with Gasteiger partial charge in [0.05, 0.1) is 25.3 Å². The van der Waals surface area contributed by atoms with E-state index in [1.54, 1.807) is 42.7 Å². The molecule has 0 radical (unpaired) electrons. The Bertz CT molecular complexity index is 952. The lowest BCUT2D eigenvalue weighted by atomic mass is 10.1. The summed E-state index contributed by atoms with van der Waals surface area (Å²) in [5.74, 6) is -0.456. The summed E-state index contributed by atoms with van der Waals surface area (Å²) in [5.41, 5.74) is 1.74. The van der Waals surface area contributed by atoms with Gasteiger partial charge in [0.2, 0.25) is 5.88 Å². The fourth-order valence-electron chi connectivity index (χ4n) is 2.75. The summed E-state index contributed by atoms with van der Waals surface area (Å²) in [6.45, 7) is 0. The molecule has 3 aromatic rings. The van der Waals surface area contributed by atoms with Crippen LogP contribution in [0.5, 0.6) is 5.88 Å². The Kier molecular flexibility index (Phi) is 5.61. The fraction of sp³-hybridized carbons (Fsp3) is 0.200. The molecule has 1 aromatic carbocycles. The second-order valence-electron chi connectivity index (χ2n) is 5.84. The molecule has 0 unspecified atom stereocenters. The van der Waals surface area contributed by atoms with E-state index < -0.39 is 17.9 Å². The quantitative estimate of drug-likeness (QED) is 0.673. The zero-order valence-electron chi connectivity index (χ0n) is 15.0. The second-order valence-corrected chi connectivity index (χ2v) is 5.84. The standard InChI is InChI=1S/C20H19N3O4/c1-26-17-9-8-13(12-22-17)11-16(20(25)27-2)23-19(24)15-7-3-5-14-6-4-10-21-18(14)15/h3-10,12,16H,11H2,1-2H3,(H,23,24)/t16-/m0/s1. The van der Waals surface area contributed by atoms with E-state index >= 15 is 0 Å². The molecular formula is C20H19N3O4. The Hall–Kier alpha value is -3.48. The molecule has 7 nitrogen and oxygen atoms in total. The molecule has 0 bridgehead atoms. The van der Waals surface area contributed by atoms with E-state index in [1.807, 2.05) is 12.1 Å². The summed E-state index contributed by atoms with van der Waals surface area (Å²) >= 11 is 0. The molecule has 3 rings (SSSR count). The normalized spacial score (nSPS) is 11.6. The van der Waals surface area contributed by atoms with Crippen molar-refractivity contribution >= 4 is 22.8 Å². The molecule has 0 saturated carbocycles. The topological polar surface area (TPSA) is 90.4 Å². The summed E-state index contributed by atoms with van der Waals surface area (Å²) in [7, 11) is 2.81. The number of pyridine rings is 2. The highest BCUT2D eigenvalue weighted by molar-refractivity contribution is 6.06. The molecule has 2 aromatic heterocycles. The molecule has 1 amide bonds. The maximum absolute atomic E-state index is 12.8. The Morgan fingerprint density at radius 2 is 1.89 bits per heavy atom. The molecule has 0 aliphatic rings. The van der Waals surface area contributed by atoms with Gasteiger partial charge in [0, 0.05) is 30.3 Å². The van der Waals surface area contributed by atoms with Crippen molar-refractivity contribution in [3.05, 3.63) is 66.0 Å². The number of esters is 1. The van der Waals surface area contributed by atoms with Crippen LogP contribution in [-0.4, -0.2) is 42.1 Å². The van der Waals surface area contributed by atoms with Gasteiger partial charge in [-0.3, -0.25) is 9.78 Å². The average Bonchev–Trinajstić information content (AvgIpc) is 2.72. The van der Waals surface area contributed by atoms with Crippen LogP contribution in [0.2, 0.25) is 0 Å². The number of aromatic nitrogens is 2. The summed E-state index contributed by atoms with van der Waals surface area (Å²) in [4.78, 5) is 33.4. The van der Waals surface area contributed by atoms with Crippen LogP contribution in [0, 0.1) is 0 Å². The van der Waals surface area contributed by atoms with E-state index in [2.05, 4.69) is 15.3 Å². The van der Waals surface area contributed by atoms with E-state index in [9.17, 15) is 9.59 Å². The second kappa shape index (κ2) is 8.27. The van der Waals surface area contributed by atoms with Crippen LogP contribution in [-0.2, 0) is 16.0 Å². The molecule has 7 heteroatoms. The zero-order chi connectivity index (χ0) is 19.2. The van der Waals surface area contributed by atoms with Gasteiger partial charge in [-0.1, -0.05) is 24.3 Å². The molecule has 0 saturated heterocycles. The lowest BCUT2D eigenvalue weighted by Crippen LogP contribution is -2.43. The van der Waals surface area contributed by atoms with Gasteiger partial charge in [0.25, 0.3) is 5.91 Å². The number of fused-ring (bicyclic) bond motifs is 1. The largest absolute Gasteiger partial charge is 0.481 e. The molecule has 138 valence electrons. The molecular weight excluding hydrogens is 346 g/mol. The first kappa shape index (κ1) is 18.3. The number of nitrogens with one attached hydrogen (secondary N) is 1. The van der Waals surface area contributed by atoms with Crippen LogP contribution in [0.1, 0.15) is 15.9 Å². The molecule has 0 spiro atoms. The summed E-state index contributed by atoms with van der Waals surface area (Å²) in [6.07, 6.45) is 3.47. The predicted molar refractivity (Wildman–Crippen MR) is 99.5 cm³/mol. The number of rotatable bonds is 6. The zero-order valence-corrected chi connectivity index (χ0v) is 15.0. The van der Waals surface area contributed by atoms with Gasteiger partial charge in [0.1, 0.15) is 6.04 Å². The average molecular weight is 365 g/mol. The predicted octanol–water partition coefficient (Wildman–Crippen LogP) is 2.15. The lowest BCUT2D eigenvalue weighted by molar-refractivity contribution is -0.142. The minimum atomic E-state index is -0.850. The molecule has 0 aliphatic heterocycles. The summed E-state index contributed by atoms with van der Waals surface area (Å²) in [6, 6.07) is 11.6.